The Hall–Kier alpha value is -3.10. The van der Waals surface area contributed by atoms with Crippen molar-refractivity contribution in [2.75, 3.05) is 18.4 Å². The van der Waals surface area contributed by atoms with Crippen LogP contribution in [0.15, 0.2) is 28.8 Å². The van der Waals surface area contributed by atoms with Crippen LogP contribution in [0, 0.1) is 5.92 Å². The molecule has 1 aromatic carbocycles. The maximum atomic E-state index is 12.4. The molecular weight excluding hydrogens is 364 g/mol. The molecule has 9 nitrogen and oxygen atoms in total. The molecule has 0 radical (unpaired) electrons. The molecule has 2 heterocycles. The summed E-state index contributed by atoms with van der Waals surface area (Å²) < 4.78 is 10.8. The van der Waals surface area contributed by atoms with Gasteiger partial charge in [0.15, 0.2) is 6.61 Å². The zero-order valence-corrected chi connectivity index (χ0v) is 15.3. The van der Waals surface area contributed by atoms with E-state index in [1.807, 2.05) is 0 Å². The van der Waals surface area contributed by atoms with Gasteiger partial charge in [-0.1, -0.05) is 5.16 Å². The predicted molar refractivity (Wildman–Crippen MR) is 98.0 cm³/mol. The van der Waals surface area contributed by atoms with Crippen molar-refractivity contribution in [3.05, 3.63) is 36.0 Å². The van der Waals surface area contributed by atoms with Crippen LogP contribution in [-0.2, 0) is 11.4 Å². The minimum Gasteiger partial charge on any atom is -0.485 e. The van der Waals surface area contributed by atoms with Gasteiger partial charge in [0.05, 0.1) is 5.92 Å². The van der Waals surface area contributed by atoms with Gasteiger partial charge in [-0.05, 0) is 49.9 Å². The molecule has 1 saturated carbocycles. The number of aliphatic carboxylic acids is 1. The Morgan fingerprint density at radius 3 is 2.75 bits per heavy atom. The summed E-state index contributed by atoms with van der Waals surface area (Å²) in [5.74, 6) is 0.872. The van der Waals surface area contributed by atoms with Crippen molar-refractivity contribution < 1.29 is 24.0 Å². The average molecular weight is 386 g/mol. The number of nitrogens with zero attached hydrogens (tertiary/aromatic N) is 3. The second-order valence-corrected chi connectivity index (χ2v) is 7.19. The van der Waals surface area contributed by atoms with Gasteiger partial charge in [0.1, 0.15) is 5.75 Å². The molecule has 2 N–H and O–H groups in total. The molecule has 9 heteroatoms. The van der Waals surface area contributed by atoms with Crippen LogP contribution in [-0.4, -0.2) is 45.2 Å². The number of nitrogens with one attached hydrogen (secondary N) is 1. The van der Waals surface area contributed by atoms with Crippen LogP contribution in [0.2, 0.25) is 0 Å². The number of urea groups is 1. The first-order valence-electron chi connectivity index (χ1n) is 9.42. The molecular formula is C19H22N4O5. The molecule has 2 fully saturated rings. The first-order chi connectivity index (χ1) is 13.6. The second kappa shape index (κ2) is 7.87. The van der Waals surface area contributed by atoms with Crippen LogP contribution in [0.3, 0.4) is 0 Å². The number of ether oxygens (including phenoxy) is 1. The van der Waals surface area contributed by atoms with E-state index in [0.29, 0.717) is 48.5 Å². The lowest BCUT2D eigenvalue weighted by Gasteiger charge is -2.30. The monoisotopic (exact) mass is 386 g/mol. The van der Waals surface area contributed by atoms with Gasteiger partial charge in [0.2, 0.25) is 11.7 Å². The second-order valence-electron chi connectivity index (χ2n) is 7.19. The van der Waals surface area contributed by atoms with Crippen LogP contribution < -0.4 is 10.1 Å². The van der Waals surface area contributed by atoms with Gasteiger partial charge >= 0.3 is 12.0 Å². The van der Waals surface area contributed by atoms with Crippen LogP contribution in [0.25, 0.3) is 0 Å². The van der Waals surface area contributed by atoms with Gasteiger partial charge in [0.25, 0.3) is 0 Å². The van der Waals surface area contributed by atoms with Gasteiger partial charge in [-0.15, -0.1) is 0 Å². The number of carboxylic acids is 1. The Kier molecular flexibility index (Phi) is 5.14. The predicted octanol–water partition coefficient (Wildman–Crippen LogP) is 2.85. The number of benzene rings is 1. The highest BCUT2D eigenvalue weighted by Gasteiger charge is 2.30. The molecule has 148 valence electrons. The molecule has 2 aliphatic rings. The molecule has 1 unspecified atom stereocenters. The molecule has 1 aromatic heterocycles. The number of hydrogen-bond donors (Lipinski definition) is 2. The van der Waals surface area contributed by atoms with Crippen LogP contribution in [0.1, 0.15) is 43.3 Å². The molecule has 2 aromatic rings. The largest absolute Gasteiger partial charge is 0.485 e. The van der Waals surface area contributed by atoms with E-state index in [0.717, 1.165) is 12.8 Å². The maximum absolute atomic E-state index is 12.4. The minimum absolute atomic E-state index is 0.215. The van der Waals surface area contributed by atoms with Gasteiger partial charge in [-0.3, -0.25) is 4.79 Å². The van der Waals surface area contributed by atoms with E-state index in [1.165, 1.54) is 0 Å². The van der Waals surface area contributed by atoms with Crippen molar-refractivity contribution >= 4 is 17.7 Å². The van der Waals surface area contributed by atoms with Crippen LogP contribution >= 0.6 is 0 Å². The smallest absolute Gasteiger partial charge is 0.321 e. The summed E-state index contributed by atoms with van der Waals surface area (Å²) in [4.78, 5) is 29.3. The first-order valence-corrected chi connectivity index (χ1v) is 9.42. The van der Waals surface area contributed by atoms with Crippen molar-refractivity contribution in [2.24, 2.45) is 5.92 Å². The first kappa shape index (κ1) is 18.3. The quantitative estimate of drug-likeness (QED) is 0.784. The fourth-order valence-electron chi connectivity index (χ4n) is 3.17. The summed E-state index contributed by atoms with van der Waals surface area (Å²) in [6, 6.07) is 6.66. The zero-order chi connectivity index (χ0) is 19.5. The summed E-state index contributed by atoms with van der Waals surface area (Å²) >= 11 is 0. The summed E-state index contributed by atoms with van der Waals surface area (Å²) in [5.41, 5.74) is 0.616. The minimum atomic E-state index is -0.857. The molecule has 4 rings (SSSR count). The summed E-state index contributed by atoms with van der Waals surface area (Å²) in [6.07, 6.45) is 3.50. The normalized spacial score (nSPS) is 19.3. The Morgan fingerprint density at radius 2 is 2.04 bits per heavy atom. The SMILES string of the molecule is O=C(O)C1CCCN(C(=O)Nc2ccc(OCc3noc(C4CC4)n3)cc2)C1. The third-order valence-electron chi connectivity index (χ3n) is 4.94. The van der Waals surface area contributed by atoms with E-state index in [4.69, 9.17) is 14.4 Å². The lowest BCUT2D eigenvalue weighted by atomic mass is 9.99. The number of rotatable bonds is 6. The standard InChI is InChI=1S/C19H22N4O5/c24-18(25)13-2-1-9-23(10-13)19(26)20-14-5-7-15(8-6-14)27-11-16-21-17(28-22-16)12-3-4-12/h5-8,12-13H,1-4,9-11H2,(H,20,26)(H,24,25). The van der Waals surface area contributed by atoms with Gasteiger partial charge in [0, 0.05) is 24.7 Å². The highest BCUT2D eigenvalue weighted by molar-refractivity contribution is 5.89. The van der Waals surface area contributed by atoms with Crippen molar-refractivity contribution in [2.45, 2.75) is 38.2 Å². The molecule has 2 amide bonds. The Labute approximate surface area is 161 Å². The number of carbonyl (C=O) groups excluding carboxylic acids is 1. The van der Waals surface area contributed by atoms with Crippen LogP contribution in [0.4, 0.5) is 10.5 Å². The molecule has 0 spiro atoms. The topological polar surface area (TPSA) is 118 Å². The number of piperidine rings is 1. The van der Waals surface area contributed by atoms with E-state index in [-0.39, 0.29) is 19.2 Å². The lowest BCUT2D eigenvalue weighted by molar-refractivity contribution is -0.143. The average Bonchev–Trinajstić information content (AvgIpc) is 3.45. The lowest BCUT2D eigenvalue weighted by Crippen LogP contribution is -2.44. The maximum Gasteiger partial charge on any atom is 0.321 e. The Morgan fingerprint density at radius 1 is 1.25 bits per heavy atom. The number of carbonyl (C=O) groups is 2. The fraction of sp³-hybridized carbons (Fsp3) is 0.474. The number of amides is 2. The van der Waals surface area contributed by atoms with E-state index in [9.17, 15) is 9.59 Å². The van der Waals surface area contributed by atoms with Crippen molar-refractivity contribution in [1.82, 2.24) is 15.0 Å². The van der Waals surface area contributed by atoms with Crippen molar-refractivity contribution in [3.63, 3.8) is 0 Å². The van der Waals surface area contributed by atoms with Gasteiger partial charge in [-0.2, -0.15) is 4.98 Å². The van der Waals surface area contributed by atoms with E-state index in [2.05, 4.69) is 15.5 Å². The highest BCUT2D eigenvalue weighted by Crippen LogP contribution is 2.38. The Bertz CT molecular complexity index is 846. The third kappa shape index (κ3) is 4.41. The zero-order valence-electron chi connectivity index (χ0n) is 15.3. The number of carboxylic acid groups (broad SMARTS) is 1. The summed E-state index contributed by atoms with van der Waals surface area (Å²) in [6.45, 7) is 1.01. The molecule has 1 aliphatic heterocycles. The molecule has 28 heavy (non-hydrogen) atoms. The molecule has 1 aliphatic carbocycles. The highest BCUT2D eigenvalue weighted by atomic mass is 16.5. The number of likely N-dealkylation sites (tertiary alicyclic amines) is 1. The number of hydrogen-bond acceptors (Lipinski definition) is 6. The fourth-order valence-corrected chi connectivity index (χ4v) is 3.17. The molecule has 1 saturated heterocycles. The molecule has 1 atom stereocenters. The van der Waals surface area contributed by atoms with E-state index < -0.39 is 11.9 Å². The summed E-state index contributed by atoms with van der Waals surface area (Å²) in [7, 11) is 0. The van der Waals surface area contributed by atoms with Gasteiger partial charge in [-0.25, -0.2) is 4.79 Å². The van der Waals surface area contributed by atoms with E-state index in [1.54, 1.807) is 29.2 Å². The third-order valence-corrected chi connectivity index (χ3v) is 4.94. The van der Waals surface area contributed by atoms with Gasteiger partial charge < -0.3 is 24.6 Å². The van der Waals surface area contributed by atoms with Crippen LogP contribution in [0.5, 0.6) is 5.75 Å². The number of aromatic nitrogens is 2. The molecule has 0 bridgehead atoms. The number of anilines is 1. The summed E-state index contributed by atoms with van der Waals surface area (Å²) in [5, 5.41) is 15.8. The van der Waals surface area contributed by atoms with Crippen molar-refractivity contribution in [3.8, 4) is 5.75 Å². The van der Waals surface area contributed by atoms with E-state index >= 15 is 0 Å². The van der Waals surface area contributed by atoms with Crippen molar-refractivity contribution in [1.29, 1.82) is 0 Å². The Balaban J connectivity index is 1.27.